The Kier molecular flexibility index (Phi) is 3.99. The van der Waals surface area contributed by atoms with E-state index in [0.29, 0.717) is 13.0 Å². The first kappa shape index (κ1) is 15.8. The number of primary amides is 1. The van der Waals surface area contributed by atoms with Crippen LogP contribution in [0.15, 0.2) is 36.4 Å². The molecule has 2 aromatic carbocycles. The molecule has 0 bridgehead atoms. The summed E-state index contributed by atoms with van der Waals surface area (Å²) in [4.78, 5) is 12.7. The van der Waals surface area contributed by atoms with E-state index in [1.165, 1.54) is 22.3 Å². The number of hydrogen-bond donors (Lipinski definition) is 2. The van der Waals surface area contributed by atoms with E-state index in [1.54, 1.807) is 0 Å². The van der Waals surface area contributed by atoms with Crippen LogP contribution in [0, 0.1) is 13.8 Å². The van der Waals surface area contributed by atoms with Gasteiger partial charge < -0.3 is 11.5 Å². The van der Waals surface area contributed by atoms with E-state index < -0.39 is 5.41 Å². The molecule has 0 saturated heterocycles. The maximum Gasteiger partial charge on any atom is 0.232 e. The number of aryl methyl sites for hydroxylation is 4. The van der Waals surface area contributed by atoms with Crippen molar-refractivity contribution in [3.63, 3.8) is 0 Å². The van der Waals surface area contributed by atoms with Crippen LogP contribution in [-0.4, -0.2) is 12.5 Å². The maximum absolute atomic E-state index is 12.7. The van der Waals surface area contributed by atoms with Crippen molar-refractivity contribution in [2.45, 2.75) is 38.5 Å². The van der Waals surface area contributed by atoms with Gasteiger partial charge in [0.25, 0.3) is 0 Å². The smallest absolute Gasteiger partial charge is 0.232 e. The maximum atomic E-state index is 12.7. The standard InChI is InChI=1S/C20H24N2O/c1-13-3-7-17-15(11-13)5-6-16-12-14(2)4-8-18(16)20(17,9-10-21)19(22)23/h3-4,7-8,11-12H,5-6,9-10,21H2,1-2H3,(H2,22,23). The van der Waals surface area contributed by atoms with Crippen molar-refractivity contribution in [1.29, 1.82) is 0 Å². The highest BCUT2D eigenvalue weighted by atomic mass is 16.1. The summed E-state index contributed by atoms with van der Waals surface area (Å²) in [6.45, 7) is 4.58. The Bertz CT molecular complexity index is 711. The van der Waals surface area contributed by atoms with Gasteiger partial charge in [0.1, 0.15) is 5.41 Å². The van der Waals surface area contributed by atoms with Gasteiger partial charge in [0.15, 0.2) is 0 Å². The minimum atomic E-state index is -0.822. The van der Waals surface area contributed by atoms with Crippen molar-refractivity contribution in [2.24, 2.45) is 11.5 Å². The molecule has 3 nitrogen and oxygen atoms in total. The van der Waals surface area contributed by atoms with Crippen LogP contribution >= 0.6 is 0 Å². The van der Waals surface area contributed by atoms with Gasteiger partial charge in [0.05, 0.1) is 0 Å². The van der Waals surface area contributed by atoms with Gasteiger partial charge in [0, 0.05) is 0 Å². The van der Waals surface area contributed by atoms with Gasteiger partial charge in [0.2, 0.25) is 5.91 Å². The highest BCUT2D eigenvalue weighted by molar-refractivity contribution is 5.92. The molecule has 23 heavy (non-hydrogen) atoms. The number of benzene rings is 2. The van der Waals surface area contributed by atoms with E-state index in [2.05, 4.69) is 50.2 Å². The Balaban J connectivity index is 2.36. The summed E-state index contributed by atoms with van der Waals surface area (Å²) < 4.78 is 0. The zero-order chi connectivity index (χ0) is 16.6. The zero-order valence-electron chi connectivity index (χ0n) is 13.9. The van der Waals surface area contributed by atoms with Crippen molar-refractivity contribution in [3.8, 4) is 0 Å². The van der Waals surface area contributed by atoms with Gasteiger partial charge in [-0.2, -0.15) is 0 Å². The molecule has 1 aliphatic carbocycles. The van der Waals surface area contributed by atoms with Crippen LogP contribution in [0.5, 0.6) is 0 Å². The number of rotatable bonds is 3. The van der Waals surface area contributed by atoms with E-state index in [4.69, 9.17) is 11.5 Å². The Hall–Kier alpha value is -2.13. The fraction of sp³-hybridized carbons (Fsp3) is 0.350. The molecule has 0 heterocycles. The molecule has 0 fully saturated rings. The van der Waals surface area contributed by atoms with Crippen LogP contribution in [0.2, 0.25) is 0 Å². The predicted molar refractivity (Wildman–Crippen MR) is 93.4 cm³/mol. The lowest BCUT2D eigenvalue weighted by Crippen LogP contribution is -2.44. The van der Waals surface area contributed by atoms with E-state index >= 15 is 0 Å². The largest absolute Gasteiger partial charge is 0.369 e. The summed E-state index contributed by atoms with van der Waals surface area (Å²) in [6, 6.07) is 12.6. The minimum Gasteiger partial charge on any atom is -0.369 e. The molecule has 0 saturated carbocycles. The number of hydrogen-bond acceptors (Lipinski definition) is 2. The third-order valence-electron chi connectivity index (χ3n) is 5.04. The fourth-order valence-corrected chi connectivity index (χ4v) is 3.98. The van der Waals surface area contributed by atoms with Gasteiger partial charge in [-0.3, -0.25) is 4.79 Å². The molecule has 4 N–H and O–H groups in total. The molecule has 2 aromatic rings. The van der Waals surface area contributed by atoms with Crippen molar-refractivity contribution in [1.82, 2.24) is 0 Å². The van der Waals surface area contributed by atoms with Gasteiger partial charge in [-0.15, -0.1) is 0 Å². The highest BCUT2D eigenvalue weighted by Gasteiger charge is 2.43. The predicted octanol–water partition coefficient (Wildman–Crippen LogP) is 2.52. The number of nitrogens with two attached hydrogens (primary N) is 2. The van der Waals surface area contributed by atoms with Crippen molar-refractivity contribution >= 4 is 5.91 Å². The number of carbonyl (C=O) groups excluding carboxylic acids is 1. The first-order valence-corrected chi connectivity index (χ1v) is 8.19. The Labute approximate surface area is 137 Å². The van der Waals surface area contributed by atoms with Crippen LogP contribution < -0.4 is 11.5 Å². The minimum absolute atomic E-state index is 0.306. The zero-order valence-corrected chi connectivity index (χ0v) is 13.9. The van der Waals surface area contributed by atoms with E-state index in [9.17, 15) is 4.79 Å². The summed E-state index contributed by atoms with van der Waals surface area (Å²) in [6.07, 6.45) is 2.38. The molecule has 0 spiro atoms. The molecule has 1 amide bonds. The third kappa shape index (κ3) is 2.45. The van der Waals surface area contributed by atoms with Gasteiger partial charge in [-0.25, -0.2) is 0 Å². The second kappa shape index (κ2) is 5.82. The first-order valence-electron chi connectivity index (χ1n) is 8.19. The highest BCUT2D eigenvalue weighted by Crippen LogP contribution is 2.42. The Morgan fingerprint density at radius 1 is 1.00 bits per heavy atom. The monoisotopic (exact) mass is 308 g/mol. The van der Waals surface area contributed by atoms with Crippen LogP contribution in [0.4, 0.5) is 0 Å². The second-order valence-corrected chi connectivity index (χ2v) is 6.63. The molecule has 120 valence electrons. The Morgan fingerprint density at radius 2 is 1.48 bits per heavy atom. The summed E-state index contributed by atoms with van der Waals surface area (Å²) in [5, 5.41) is 0. The van der Waals surface area contributed by atoms with Crippen molar-refractivity contribution in [2.75, 3.05) is 6.54 Å². The summed E-state index contributed by atoms with van der Waals surface area (Å²) >= 11 is 0. The van der Waals surface area contributed by atoms with Gasteiger partial charge in [-0.05, 0) is 61.9 Å². The number of carbonyl (C=O) groups is 1. The lowest BCUT2D eigenvalue weighted by molar-refractivity contribution is -0.122. The average molecular weight is 308 g/mol. The number of fused-ring (bicyclic) bond motifs is 2. The SMILES string of the molecule is Cc1ccc2c(c1)CCc1cc(C)ccc1C2(CCN)C(N)=O. The molecule has 0 radical (unpaired) electrons. The lowest BCUT2D eigenvalue weighted by atomic mass is 9.69. The van der Waals surface area contributed by atoms with Crippen LogP contribution in [0.3, 0.4) is 0 Å². The first-order chi connectivity index (χ1) is 11.0. The quantitative estimate of drug-likeness (QED) is 0.915. The Morgan fingerprint density at radius 3 is 1.87 bits per heavy atom. The normalized spacial score (nSPS) is 15.4. The topological polar surface area (TPSA) is 69.1 Å². The molecule has 0 aliphatic heterocycles. The van der Waals surface area contributed by atoms with Gasteiger partial charge in [-0.1, -0.05) is 47.5 Å². The van der Waals surface area contributed by atoms with Gasteiger partial charge >= 0.3 is 0 Å². The molecule has 1 aliphatic rings. The summed E-state index contributed by atoms with van der Waals surface area (Å²) in [5.74, 6) is -0.306. The summed E-state index contributed by atoms with van der Waals surface area (Å²) in [7, 11) is 0. The van der Waals surface area contributed by atoms with Crippen molar-refractivity contribution < 1.29 is 4.79 Å². The molecular formula is C20H24N2O. The summed E-state index contributed by atoms with van der Waals surface area (Å²) in [5.41, 5.74) is 17.9. The third-order valence-corrected chi connectivity index (χ3v) is 5.04. The molecule has 3 heteroatoms. The van der Waals surface area contributed by atoms with Crippen LogP contribution in [-0.2, 0) is 23.1 Å². The molecule has 0 aromatic heterocycles. The fourth-order valence-electron chi connectivity index (χ4n) is 3.98. The van der Waals surface area contributed by atoms with Crippen LogP contribution in [0.25, 0.3) is 0 Å². The van der Waals surface area contributed by atoms with Crippen molar-refractivity contribution in [3.05, 3.63) is 69.8 Å². The molecule has 0 atom stereocenters. The molecule has 3 rings (SSSR count). The van der Waals surface area contributed by atoms with E-state index in [-0.39, 0.29) is 5.91 Å². The average Bonchev–Trinajstić information content (AvgIpc) is 2.63. The molecular weight excluding hydrogens is 284 g/mol. The lowest BCUT2D eigenvalue weighted by Gasteiger charge is -2.33. The second-order valence-electron chi connectivity index (χ2n) is 6.63. The van der Waals surface area contributed by atoms with Crippen LogP contribution in [0.1, 0.15) is 39.8 Å². The van der Waals surface area contributed by atoms with E-state index in [1.807, 2.05) is 0 Å². The number of amides is 1. The van der Waals surface area contributed by atoms with E-state index in [0.717, 1.165) is 24.0 Å². The molecule has 0 unspecified atom stereocenters.